The smallest absolute Gasteiger partial charge is 0.405 e. The van der Waals surface area contributed by atoms with Crippen LogP contribution in [0.3, 0.4) is 0 Å². The van der Waals surface area contributed by atoms with Gasteiger partial charge >= 0.3 is 6.36 Å². The number of rotatable bonds is 8. The molecular formula is C22H24F3N5O. The average molecular weight is 431 g/mol. The SMILES string of the molecule is CCNC(=NCc1ccccc1OC(F)(F)F)NCc1nccn1Cc1ccccc1. The molecule has 164 valence electrons. The number of guanidine groups is 1. The number of imidazole rings is 1. The molecule has 0 aliphatic heterocycles. The summed E-state index contributed by atoms with van der Waals surface area (Å²) in [7, 11) is 0. The minimum absolute atomic E-state index is 0.0278. The van der Waals surface area contributed by atoms with Crippen molar-refractivity contribution in [2.24, 2.45) is 4.99 Å². The van der Waals surface area contributed by atoms with Crippen LogP contribution < -0.4 is 15.4 Å². The Morgan fingerprint density at radius 2 is 1.81 bits per heavy atom. The first kappa shape index (κ1) is 22.2. The Bertz CT molecular complexity index is 986. The van der Waals surface area contributed by atoms with Gasteiger partial charge in [-0.3, -0.25) is 0 Å². The number of alkyl halides is 3. The Morgan fingerprint density at radius 3 is 2.55 bits per heavy atom. The third-order valence-electron chi connectivity index (χ3n) is 4.36. The molecule has 0 saturated carbocycles. The van der Waals surface area contributed by atoms with Crippen molar-refractivity contribution >= 4 is 5.96 Å². The number of aliphatic imine (C=N–C) groups is 1. The molecular weight excluding hydrogens is 407 g/mol. The van der Waals surface area contributed by atoms with Crippen molar-refractivity contribution in [1.82, 2.24) is 20.2 Å². The molecule has 9 heteroatoms. The van der Waals surface area contributed by atoms with Crippen molar-refractivity contribution in [2.75, 3.05) is 6.54 Å². The van der Waals surface area contributed by atoms with E-state index in [0.717, 1.165) is 11.4 Å². The summed E-state index contributed by atoms with van der Waals surface area (Å²) in [6, 6.07) is 16.0. The molecule has 2 N–H and O–H groups in total. The van der Waals surface area contributed by atoms with Crippen molar-refractivity contribution in [2.45, 2.75) is 32.9 Å². The van der Waals surface area contributed by atoms with E-state index in [4.69, 9.17) is 0 Å². The maximum absolute atomic E-state index is 12.6. The molecule has 0 saturated heterocycles. The van der Waals surface area contributed by atoms with Gasteiger partial charge in [0.2, 0.25) is 0 Å². The van der Waals surface area contributed by atoms with Gasteiger partial charge in [0.25, 0.3) is 0 Å². The molecule has 6 nitrogen and oxygen atoms in total. The van der Waals surface area contributed by atoms with E-state index in [1.807, 2.05) is 48.0 Å². The largest absolute Gasteiger partial charge is 0.573 e. The van der Waals surface area contributed by atoms with Crippen LogP contribution >= 0.6 is 0 Å². The maximum atomic E-state index is 12.6. The lowest BCUT2D eigenvalue weighted by atomic mass is 10.2. The van der Waals surface area contributed by atoms with E-state index < -0.39 is 6.36 Å². The molecule has 3 aromatic rings. The molecule has 3 rings (SSSR count). The Balaban J connectivity index is 1.66. The van der Waals surface area contributed by atoms with Gasteiger partial charge in [0, 0.05) is 31.0 Å². The quantitative estimate of drug-likeness (QED) is 0.417. The number of halogens is 3. The molecule has 0 aliphatic rings. The number of aromatic nitrogens is 2. The van der Waals surface area contributed by atoms with Crippen molar-refractivity contribution in [3.05, 3.63) is 83.9 Å². The lowest BCUT2D eigenvalue weighted by Gasteiger charge is -2.14. The lowest BCUT2D eigenvalue weighted by molar-refractivity contribution is -0.274. The summed E-state index contributed by atoms with van der Waals surface area (Å²) in [5.74, 6) is 1.03. The zero-order valence-corrected chi connectivity index (χ0v) is 17.1. The van der Waals surface area contributed by atoms with Gasteiger partial charge in [-0.05, 0) is 18.6 Å². The topological polar surface area (TPSA) is 63.5 Å². The van der Waals surface area contributed by atoms with Crippen LogP contribution in [-0.2, 0) is 19.6 Å². The Morgan fingerprint density at radius 1 is 1.06 bits per heavy atom. The second kappa shape index (κ2) is 10.5. The average Bonchev–Trinajstić information content (AvgIpc) is 3.17. The number of para-hydroxylation sites is 1. The summed E-state index contributed by atoms with van der Waals surface area (Å²) in [6.45, 7) is 3.64. The first-order valence-electron chi connectivity index (χ1n) is 9.84. The van der Waals surface area contributed by atoms with Crippen LogP contribution in [0.25, 0.3) is 0 Å². The van der Waals surface area contributed by atoms with E-state index >= 15 is 0 Å². The fourth-order valence-electron chi connectivity index (χ4n) is 2.96. The van der Waals surface area contributed by atoms with Crippen LogP contribution in [0.15, 0.2) is 72.0 Å². The fraction of sp³-hybridized carbons (Fsp3) is 0.273. The van der Waals surface area contributed by atoms with Crippen LogP contribution in [0.1, 0.15) is 23.9 Å². The van der Waals surface area contributed by atoms with Gasteiger partial charge in [0.1, 0.15) is 11.6 Å². The highest BCUT2D eigenvalue weighted by molar-refractivity contribution is 5.79. The Hall–Kier alpha value is -3.49. The number of nitrogens with one attached hydrogen (secondary N) is 2. The zero-order chi connectivity index (χ0) is 22.1. The molecule has 0 atom stereocenters. The number of hydrogen-bond donors (Lipinski definition) is 2. The highest BCUT2D eigenvalue weighted by atomic mass is 19.4. The number of benzene rings is 2. The molecule has 31 heavy (non-hydrogen) atoms. The van der Waals surface area contributed by atoms with Crippen LogP contribution in [0.2, 0.25) is 0 Å². The molecule has 0 bridgehead atoms. The fourth-order valence-corrected chi connectivity index (χ4v) is 2.96. The van der Waals surface area contributed by atoms with E-state index in [1.54, 1.807) is 18.3 Å². The van der Waals surface area contributed by atoms with Gasteiger partial charge in [0.15, 0.2) is 5.96 Å². The van der Waals surface area contributed by atoms with Crippen LogP contribution in [0.4, 0.5) is 13.2 Å². The molecule has 0 amide bonds. The molecule has 2 aromatic carbocycles. The predicted octanol–water partition coefficient (Wildman–Crippen LogP) is 4.09. The second-order valence-corrected chi connectivity index (χ2v) is 6.66. The first-order valence-corrected chi connectivity index (χ1v) is 9.84. The van der Waals surface area contributed by atoms with Crippen molar-refractivity contribution in [1.29, 1.82) is 0 Å². The molecule has 0 aliphatic carbocycles. The molecule has 1 aromatic heterocycles. The van der Waals surface area contributed by atoms with E-state index in [9.17, 15) is 13.2 Å². The summed E-state index contributed by atoms with van der Waals surface area (Å²) in [5, 5.41) is 6.27. The lowest BCUT2D eigenvalue weighted by Crippen LogP contribution is -2.37. The minimum atomic E-state index is -4.75. The van der Waals surface area contributed by atoms with Gasteiger partial charge < -0.3 is 19.9 Å². The minimum Gasteiger partial charge on any atom is -0.405 e. The van der Waals surface area contributed by atoms with E-state index in [-0.39, 0.29) is 12.3 Å². The van der Waals surface area contributed by atoms with Gasteiger partial charge in [0.05, 0.1) is 13.1 Å². The van der Waals surface area contributed by atoms with Crippen molar-refractivity contribution in [3.8, 4) is 5.75 Å². The Kier molecular flexibility index (Phi) is 7.53. The van der Waals surface area contributed by atoms with Gasteiger partial charge in [-0.1, -0.05) is 48.5 Å². The zero-order valence-electron chi connectivity index (χ0n) is 17.1. The standard InChI is InChI=1S/C22H24F3N5O/c1-2-26-21(28-14-18-10-6-7-11-19(18)31-22(23,24)25)29-15-20-27-12-13-30(20)16-17-8-4-3-5-9-17/h3-13H,2,14-16H2,1H3,(H2,26,28,29). The van der Waals surface area contributed by atoms with Gasteiger partial charge in [-0.2, -0.15) is 0 Å². The molecule has 1 heterocycles. The molecule has 0 spiro atoms. The number of ether oxygens (including phenoxy) is 1. The highest BCUT2D eigenvalue weighted by Crippen LogP contribution is 2.26. The van der Waals surface area contributed by atoms with E-state index in [1.165, 1.54) is 12.1 Å². The number of nitrogens with zero attached hydrogens (tertiary/aromatic N) is 3. The summed E-state index contributed by atoms with van der Waals surface area (Å²) in [4.78, 5) is 8.79. The van der Waals surface area contributed by atoms with Crippen molar-refractivity contribution in [3.63, 3.8) is 0 Å². The summed E-state index contributed by atoms with van der Waals surface area (Å²) in [5.41, 5.74) is 1.49. The van der Waals surface area contributed by atoms with Crippen LogP contribution in [-0.4, -0.2) is 28.4 Å². The van der Waals surface area contributed by atoms with Crippen LogP contribution in [0.5, 0.6) is 5.75 Å². The monoisotopic (exact) mass is 431 g/mol. The summed E-state index contributed by atoms with van der Waals surface area (Å²) in [6.07, 6.45) is -1.12. The molecule has 0 fully saturated rings. The second-order valence-electron chi connectivity index (χ2n) is 6.66. The first-order chi connectivity index (χ1) is 14.9. The molecule has 0 radical (unpaired) electrons. The van der Waals surface area contributed by atoms with E-state index in [2.05, 4.69) is 25.3 Å². The number of hydrogen-bond acceptors (Lipinski definition) is 3. The summed E-state index contributed by atoms with van der Waals surface area (Å²) < 4.78 is 44.0. The van der Waals surface area contributed by atoms with Gasteiger partial charge in [-0.25, -0.2) is 9.98 Å². The maximum Gasteiger partial charge on any atom is 0.573 e. The predicted molar refractivity (Wildman–Crippen MR) is 113 cm³/mol. The molecule has 0 unspecified atom stereocenters. The third-order valence-corrected chi connectivity index (χ3v) is 4.36. The van der Waals surface area contributed by atoms with Crippen LogP contribution in [0, 0.1) is 0 Å². The van der Waals surface area contributed by atoms with E-state index in [0.29, 0.717) is 31.2 Å². The highest BCUT2D eigenvalue weighted by Gasteiger charge is 2.31. The normalized spacial score (nSPS) is 11.9. The Labute approximate surface area is 178 Å². The van der Waals surface area contributed by atoms with Crippen molar-refractivity contribution < 1.29 is 17.9 Å². The summed E-state index contributed by atoms with van der Waals surface area (Å²) >= 11 is 0. The third kappa shape index (κ3) is 7.06. The van der Waals surface area contributed by atoms with Gasteiger partial charge in [-0.15, -0.1) is 13.2 Å².